The van der Waals surface area contributed by atoms with Crippen LogP contribution < -0.4 is 41.7 Å². The van der Waals surface area contributed by atoms with Gasteiger partial charge < -0.3 is 51.5 Å². The lowest BCUT2D eigenvalue weighted by Gasteiger charge is -2.34. The first-order valence-corrected chi connectivity index (χ1v) is 23.7. The number of carbonyl (C=O) groups excluding carboxylic acids is 2. The third kappa shape index (κ3) is 14.6. The number of hydrogen-bond donors (Lipinski definition) is 6. The molecule has 2 aromatic heterocycles. The van der Waals surface area contributed by atoms with Gasteiger partial charge in [0.15, 0.2) is 0 Å². The number of hydrogen-bond acceptors (Lipinski definition) is 14. The van der Waals surface area contributed by atoms with Crippen LogP contribution in [-0.4, -0.2) is 120 Å². The quantitative estimate of drug-likeness (QED) is 0.0650. The molecule has 4 aromatic carbocycles. The lowest BCUT2D eigenvalue weighted by molar-refractivity contribution is 0.0916. The lowest BCUT2D eigenvalue weighted by Crippen LogP contribution is -2.44. The zero-order valence-corrected chi connectivity index (χ0v) is 41.5. The van der Waals surface area contributed by atoms with Crippen LogP contribution >= 0.6 is 0 Å². The molecular formula is C53H68N14O2. The molecule has 0 bridgehead atoms. The van der Waals surface area contributed by atoms with Crippen molar-refractivity contribution in [2.45, 2.75) is 60.0 Å². The molecule has 0 spiro atoms. The van der Waals surface area contributed by atoms with Crippen LogP contribution in [0.25, 0.3) is 0 Å². The van der Waals surface area contributed by atoms with Crippen molar-refractivity contribution in [3.63, 3.8) is 0 Å². The van der Waals surface area contributed by atoms with Crippen molar-refractivity contribution in [3.8, 4) is 0 Å². The van der Waals surface area contributed by atoms with Crippen molar-refractivity contribution < 1.29 is 9.59 Å². The van der Waals surface area contributed by atoms with Crippen molar-refractivity contribution in [1.82, 2.24) is 40.4 Å². The second-order valence-electron chi connectivity index (χ2n) is 19.1. The van der Waals surface area contributed by atoms with Crippen LogP contribution in [0.3, 0.4) is 0 Å². The third-order valence-electron chi connectivity index (χ3n) is 11.6. The molecule has 16 nitrogen and oxygen atoms in total. The molecule has 16 heteroatoms. The normalized spacial score (nSPS) is 14.3. The predicted molar refractivity (Wildman–Crippen MR) is 282 cm³/mol. The van der Waals surface area contributed by atoms with Gasteiger partial charge >= 0.3 is 0 Å². The van der Waals surface area contributed by atoms with Gasteiger partial charge in [0.05, 0.1) is 0 Å². The molecule has 0 aliphatic carbocycles. The topological polar surface area (TPSA) is 171 Å². The second-order valence-corrected chi connectivity index (χ2v) is 19.1. The van der Waals surface area contributed by atoms with E-state index in [4.69, 9.17) is 0 Å². The molecule has 6 aromatic rings. The van der Waals surface area contributed by atoms with Gasteiger partial charge in [0.25, 0.3) is 11.8 Å². The molecule has 2 saturated heterocycles. The van der Waals surface area contributed by atoms with Gasteiger partial charge in [0.2, 0.25) is 11.9 Å². The van der Waals surface area contributed by atoms with Gasteiger partial charge in [0.1, 0.15) is 11.6 Å². The highest BCUT2D eigenvalue weighted by molar-refractivity contribution is 5.96. The maximum atomic E-state index is 12.5. The van der Waals surface area contributed by atoms with E-state index in [1.54, 1.807) is 24.5 Å². The number of nitrogens with zero attached hydrogens (tertiary/aromatic N) is 8. The fourth-order valence-electron chi connectivity index (χ4n) is 7.66. The summed E-state index contributed by atoms with van der Waals surface area (Å²) in [5.41, 5.74) is 8.61. The molecule has 4 heterocycles. The predicted octanol–water partition coefficient (Wildman–Crippen LogP) is 8.71. The van der Waals surface area contributed by atoms with Crippen LogP contribution in [0.2, 0.25) is 0 Å². The standard InChI is InChI=1S/C27H35N7O.C26H33N7O/c1-19-18-28-26(30-21-9-11-23(12-10-21)34-15-13-33(5)14-16-34)31-24(19)29-22-8-6-7-20(17-22)25(35)32-27(2,3)4;1-18(2)28-25(34)20-6-5-7-22(16-20)29-24-19(3)17-27-26(31-24)30-21-8-10-23(11-9-21)33-14-12-32(4)13-15-33/h6-12,17-18H,13-16H2,1-5H3,(H,32,35)(H2,28,29,30,31);5-11,16-18H,12-15H2,1-4H3,(H,28,34)(H2,27,29,30,31). The van der Waals surface area contributed by atoms with Crippen LogP contribution in [0.1, 0.15) is 66.5 Å². The van der Waals surface area contributed by atoms with E-state index < -0.39 is 0 Å². The van der Waals surface area contributed by atoms with Crippen LogP contribution in [-0.2, 0) is 0 Å². The number of benzene rings is 4. The summed E-state index contributed by atoms with van der Waals surface area (Å²) in [6.07, 6.45) is 3.57. The Labute approximate surface area is 407 Å². The number of aryl methyl sites for hydroxylation is 2. The first-order chi connectivity index (χ1) is 33.0. The van der Waals surface area contributed by atoms with Crippen molar-refractivity contribution in [2.75, 3.05) is 97.5 Å². The van der Waals surface area contributed by atoms with E-state index in [1.807, 2.05) is 84.9 Å². The van der Waals surface area contributed by atoms with Crippen LogP contribution in [0.4, 0.5) is 57.7 Å². The number of aromatic nitrogens is 4. The summed E-state index contributed by atoms with van der Waals surface area (Å²) in [7, 11) is 4.32. The number of anilines is 10. The minimum Gasteiger partial charge on any atom is -0.369 e. The highest BCUT2D eigenvalue weighted by atomic mass is 16.2. The molecular weight excluding hydrogens is 865 g/mol. The summed E-state index contributed by atoms with van der Waals surface area (Å²) in [6, 6.07) is 31.6. The summed E-state index contributed by atoms with van der Waals surface area (Å²) >= 11 is 0. The van der Waals surface area contributed by atoms with E-state index in [2.05, 4.69) is 134 Å². The molecule has 2 fully saturated rings. The smallest absolute Gasteiger partial charge is 0.251 e. The van der Waals surface area contributed by atoms with Crippen molar-refractivity contribution in [3.05, 3.63) is 132 Å². The Bertz CT molecular complexity index is 2650. The summed E-state index contributed by atoms with van der Waals surface area (Å²) in [5, 5.41) is 19.2. The lowest BCUT2D eigenvalue weighted by atomic mass is 10.1. The van der Waals surface area contributed by atoms with Gasteiger partial charge in [0, 0.05) is 133 Å². The Hall–Kier alpha value is -7.30. The highest BCUT2D eigenvalue weighted by Crippen LogP contribution is 2.26. The summed E-state index contributed by atoms with van der Waals surface area (Å²) in [6.45, 7) is 22.2. The number of rotatable bonds is 13. The zero-order valence-electron chi connectivity index (χ0n) is 41.5. The summed E-state index contributed by atoms with van der Waals surface area (Å²) < 4.78 is 0. The Morgan fingerprint density at radius 2 is 0.942 bits per heavy atom. The number of likely N-dealkylation sites (N-methyl/N-ethyl adjacent to an activating group) is 2. The fourth-order valence-corrected chi connectivity index (χ4v) is 7.66. The highest BCUT2D eigenvalue weighted by Gasteiger charge is 2.18. The van der Waals surface area contributed by atoms with E-state index in [1.165, 1.54) is 11.4 Å². The minimum atomic E-state index is -0.299. The second kappa shape index (κ2) is 22.7. The zero-order chi connectivity index (χ0) is 49.1. The van der Waals surface area contributed by atoms with E-state index >= 15 is 0 Å². The number of carbonyl (C=O) groups is 2. The van der Waals surface area contributed by atoms with Gasteiger partial charge in [-0.25, -0.2) is 9.97 Å². The van der Waals surface area contributed by atoms with Crippen LogP contribution in [0.15, 0.2) is 109 Å². The van der Waals surface area contributed by atoms with Gasteiger partial charge in [-0.05, 0) is 147 Å². The Balaban J connectivity index is 0.000000204. The molecule has 2 amide bonds. The number of nitrogens with one attached hydrogen (secondary N) is 6. The SMILES string of the molecule is Cc1cnc(Nc2ccc(N3CCN(C)CC3)cc2)nc1Nc1cccc(C(=O)NC(C)(C)C)c1.Cc1cnc(Nc2ccc(N3CCN(C)CC3)cc2)nc1Nc1cccc(C(=O)NC(C)C)c1. The van der Waals surface area contributed by atoms with Crippen LogP contribution in [0, 0.1) is 13.8 Å². The fraction of sp³-hybridized carbons (Fsp3) is 0.358. The molecule has 0 unspecified atom stereocenters. The molecule has 69 heavy (non-hydrogen) atoms. The van der Waals surface area contributed by atoms with Crippen molar-refractivity contribution >= 4 is 69.5 Å². The van der Waals surface area contributed by atoms with E-state index in [0.717, 1.165) is 86.2 Å². The van der Waals surface area contributed by atoms with E-state index in [-0.39, 0.29) is 23.4 Å². The molecule has 8 rings (SSSR count). The minimum absolute atomic E-state index is 0.0810. The van der Waals surface area contributed by atoms with Crippen LogP contribution in [0.5, 0.6) is 0 Å². The maximum Gasteiger partial charge on any atom is 0.251 e. The molecule has 0 saturated carbocycles. The van der Waals surface area contributed by atoms with E-state index in [0.29, 0.717) is 34.7 Å². The summed E-state index contributed by atoms with van der Waals surface area (Å²) in [4.78, 5) is 52.6. The van der Waals surface area contributed by atoms with Crippen molar-refractivity contribution in [1.29, 1.82) is 0 Å². The Morgan fingerprint density at radius 3 is 1.33 bits per heavy atom. The Kier molecular flexibility index (Phi) is 16.3. The number of piperazine rings is 2. The first-order valence-electron chi connectivity index (χ1n) is 23.7. The third-order valence-corrected chi connectivity index (χ3v) is 11.6. The average molecular weight is 933 g/mol. The number of amides is 2. The maximum absolute atomic E-state index is 12.5. The molecule has 2 aliphatic rings. The molecule has 0 atom stereocenters. The molecule has 2 aliphatic heterocycles. The Morgan fingerprint density at radius 1 is 0.536 bits per heavy atom. The monoisotopic (exact) mass is 933 g/mol. The van der Waals surface area contributed by atoms with Gasteiger partial charge in [-0.2, -0.15) is 9.97 Å². The van der Waals surface area contributed by atoms with Gasteiger partial charge in [-0.15, -0.1) is 0 Å². The van der Waals surface area contributed by atoms with E-state index in [9.17, 15) is 9.59 Å². The first kappa shape index (κ1) is 49.6. The van der Waals surface area contributed by atoms with Gasteiger partial charge in [-0.3, -0.25) is 9.59 Å². The molecule has 362 valence electrons. The molecule has 6 N–H and O–H groups in total. The average Bonchev–Trinajstić information content (AvgIpc) is 3.32. The van der Waals surface area contributed by atoms with Gasteiger partial charge in [-0.1, -0.05) is 12.1 Å². The summed E-state index contributed by atoms with van der Waals surface area (Å²) in [5.74, 6) is 2.18. The molecule has 0 radical (unpaired) electrons. The van der Waals surface area contributed by atoms with Crippen molar-refractivity contribution in [2.24, 2.45) is 0 Å². The largest absolute Gasteiger partial charge is 0.369 e.